The van der Waals surface area contributed by atoms with Crippen LogP contribution in [-0.4, -0.2) is 55.0 Å². The SMILES string of the molecule is COCCCC1(C(=O)O)CCCN(c2nccnc2OC)C1. The predicted molar refractivity (Wildman–Crippen MR) is 81.2 cm³/mol. The fourth-order valence-electron chi connectivity index (χ4n) is 3.03. The molecule has 7 heteroatoms. The molecule has 0 aliphatic carbocycles. The van der Waals surface area contributed by atoms with E-state index in [0.717, 1.165) is 19.4 Å². The van der Waals surface area contributed by atoms with Crippen molar-refractivity contribution in [3.05, 3.63) is 12.4 Å². The molecule has 0 bridgehead atoms. The van der Waals surface area contributed by atoms with Crippen molar-refractivity contribution >= 4 is 11.8 Å². The van der Waals surface area contributed by atoms with Crippen LogP contribution in [0.2, 0.25) is 0 Å². The molecule has 1 aromatic heterocycles. The molecule has 0 aromatic carbocycles. The highest BCUT2D eigenvalue weighted by Crippen LogP contribution is 2.38. The lowest BCUT2D eigenvalue weighted by Gasteiger charge is -2.40. The minimum Gasteiger partial charge on any atom is -0.481 e. The Kier molecular flexibility index (Phi) is 5.54. The number of methoxy groups -OCH3 is 2. The number of aromatic nitrogens is 2. The Morgan fingerprint density at radius 1 is 1.41 bits per heavy atom. The van der Waals surface area contributed by atoms with Crippen LogP contribution in [-0.2, 0) is 9.53 Å². The Hall–Kier alpha value is -1.89. The van der Waals surface area contributed by atoms with Crippen LogP contribution in [0.25, 0.3) is 0 Å². The number of aliphatic carboxylic acids is 1. The third-order valence-electron chi connectivity index (χ3n) is 4.17. The number of anilines is 1. The van der Waals surface area contributed by atoms with E-state index in [9.17, 15) is 9.90 Å². The van der Waals surface area contributed by atoms with Gasteiger partial charge in [-0.3, -0.25) is 4.79 Å². The van der Waals surface area contributed by atoms with Gasteiger partial charge in [-0.15, -0.1) is 0 Å². The van der Waals surface area contributed by atoms with Crippen LogP contribution in [0.1, 0.15) is 25.7 Å². The average Bonchev–Trinajstić information content (AvgIpc) is 2.55. The zero-order valence-electron chi connectivity index (χ0n) is 13.1. The van der Waals surface area contributed by atoms with Gasteiger partial charge in [-0.2, -0.15) is 0 Å². The Bertz CT molecular complexity index is 511. The van der Waals surface area contributed by atoms with Gasteiger partial charge in [0, 0.05) is 39.2 Å². The van der Waals surface area contributed by atoms with Crippen LogP contribution in [0, 0.1) is 5.41 Å². The van der Waals surface area contributed by atoms with Gasteiger partial charge in [-0.25, -0.2) is 9.97 Å². The first-order valence-corrected chi connectivity index (χ1v) is 7.45. The lowest BCUT2D eigenvalue weighted by molar-refractivity contribution is -0.150. The minimum atomic E-state index is -0.765. The third kappa shape index (κ3) is 3.47. The Morgan fingerprint density at radius 2 is 2.18 bits per heavy atom. The van der Waals surface area contributed by atoms with Crippen molar-refractivity contribution in [3.8, 4) is 5.88 Å². The van der Waals surface area contributed by atoms with Crippen molar-refractivity contribution in [2.24, 2.45) is 5.41 Å². The molecule has 1 atom stereocenters. The summed E-state index contributed by atoms with van der Waals surface area (Å²) in [6.45, 7) is 1.75. The smallest absolute Gasteiger partial charge is 0.311 e. The van der Waals surface area contributed by atoms with E-state index in [2.05, 4.69) is 9.97 Å². The van der Waals surface area contributed by atoms with Crippen LogP contribution < -0.4 is 9.64 Å². The van der Waals surface area contributed by atoms with E-state index < -0.39 is 11.4 Å². The molecule has 7 nitrogen and oxygen atoms in total. The van der Waals surface area contributed by atoms with Gasteiger partial charge < -0.3 is 19.5 Å². The summed E-state index contributed by atoms with van der Waals surface area (Å²) in [6, 6.07) is 0. The summed E-state index contributed by atoms with van der Waals surface area (Å²) in [5.74, 6) is 0.291. The first-order chi connectivity index (χ1) is 10.6. The molecule has 2 rings (SSSR count). The lowest BCUT2D eigenvalue weighted by atomic mass is 9.76. The van der Waals surface area contributed by atoms with Crippen LogP contribution in [0.3, 0.4) is 0 Å². The van der Waals surface area contributed by atoms with Crippen molar-refractivity contribution in [3.63, 3.8) is 0 Å². The number of carboxylic acid groups (broad SMARTS) is 1. The molecule has 0 spiro atoms. The molecule has 1 aliphatic heterocycles. The van der Waals surface area contributed by atoms with Gasteiger partial charge in [0.25, 0.3) is 5.88 Å². The second-order valence-corrected chi connectivity index (χ2v) is 5.60. The number of rotatable bonds is 7. The molecule has 1 aromatic rings. The van der Waals surface area contributed by atoms with E-state index in [-0.39, 0.29) is 0 Å². The van der Waals surface area contributed by atoms with Crippen molar-refractivity contribution in [1.29, 1.82) is 0 Å². The third-order valence-corrected chi connectivity index (χ3v) is 4.17. The van der Waals surface area contributed by atoms with Crippen molar-refractivity contribution in [1.82, 2.24) is 9.97 Å². The first-order valence-electron chi connectivity index (χ1n) is 7.45. The summed E-state index contributed by atoms with van der Waals surface area (Å²) in [4.78, 5) is 22.3. The Balaban J connectivity index is 2.19. The van der Waals surface area contributed by atoms with Crippen LogP contribution >= 0.6 is 0 Å². The molecule has 0 radical (unpaired) electrons. The molecule has 2 heterocycles. The van der Waals surface area contributed by atoms with Gasteiger partial charge in [-0.1, -0.05) is 0 Å². The van der Waals surface area contributed by atoms with E-state index in [1.807, 2.05) is 4.90 Å². The molecular weight excluding hydrogens is 286 g/mol. The number of ether oxygens (including phenoxy) is 2. The Morgan fingerprint density at radius 3 is 2.86 bits per heavy atom. The minimum absolute atomic E-state index is 0.418. The highest BCUT2D eigenvalue weighted by atomic mass is 16.5. The fourth-order valence-corrected chi connectivity index (χ4v) is 3.03. The van der Waals surface area contributed by atoms with Crippen LogP contribution in [0.15, 0.2) is 12.4 Å². The van der Waals surface area contributed by atoms with Crippen molar-refractivity contribution in [2.75, 3.05) is 38.8 Å². The number of carboxylic acids is 1. The standard InChI is InChI=1S/C15H23N3O4/c1-21-10-4-6-15(14(19)20)5-3-9-18(11-15)12-13(22-2)17-8-7-16-12/h7-8H,3-6,9-11H2,1-2H3,(H,19,20). The molecule has 0 amide bonds. The highest BCUT2D eigenvalue weighted by Gasteiger charge is 2.42. The molecule has 1 unspecified atom stereocenters. The highest BCUT2D eigenvalue weighted by molar-refractivity contribution is 5.76. The Labute approximate surface area is 130 Å². The number of nitrogens with zero attached hydrogens (tertiary/aromatic N) is 3. The van der Waals surface area contributed by atoms with E-state index >= 15 is 0 Å². The van der Waals surface area contributed by atoms with Gasteiger partial charge in [0.15, 0.2) is 5.82 Å². The molecule has 122 valence electrons. The number of hydrogen-bond donors (Lipinski definition) is 1. The molecular formula is C15H23N3O4. The summed E-state index contributed by atoms with van der Waals surface area (Å²) in [7, 11) is 3.17. The summed E-state index contributed by atoms with van der Waals surface area (Å²) >= 11 is 0. The van der Waals surface area contributed by atoms with Crippen molar-refractivity contribution < 1.29 is 19.4 Å². The molecule has 1 fully saturated rings. The zero-order valence-corrected chi connectivity index (χ0v) is 13.1. The fraction of sp³-hybridized carbons (Fsp3) is 0.667. The molecule has 22 heavy (non-hydrogen) atoms. The van der Waals surface area contributed by atoms with Crippen molar-refractivity contribution in [2.45, 2.75) is 25.7 Å². The molecule has 0 saturated carbocycles. The quantitative estimate of drug-likeness (QED) is 0.765. The number of piperidine rings is 1. The van der Waals surface area contributed by atoms with E-state index in [1.54, 1.807) is 26.6 Å². The number of hydrogen-bond acceptors (Lipinski definition) is 6. The normalized spacial score (nSPS) is 21.6. The van der Waals surface area contributed by atoms with Crippen LogP contribution in [0.5, 0.6) is 5.88 Å². The summed E-state index contributed by atoms with van der Waals surface area (Å²) in [6.07, 6.45) is 5.96. The molecule has 1 N–H and O–H groups in total. The second-order valence-electron chi connectivity index (χ2n) is 5.60. The topological polar surface area (TPSA) is 84.8 Å². The summed E-state index contributed by atoms with van der Waals surface area (Å²) in [5.41, 5.74) is -0.765. The lowest BCUT2D eigenvalue weighted by Crippen LogP contribution is -2.48. The summed E-state index contributed by atoms with van der Waals surface area (Å²) < 4.78 is 10.3. The van der Waals surface area contributed by atoms with Gasteiger partial charge in [-0.05, 0) is 25.7 Å². The molecule has 1 aliphatic rings. The van der Waals surface area contributed by atoms with Gasteiger partial charge in [0.2, 0.25) is 0 Å². The predicted octanol–water partition coefficient (Wildman–Crippen LogP) is 1.58. The maximum Gasteiger partial charge on any atom is 0.311 e. The van der Waals surface area contributed by atoms with E-state index in [0.29, 0.717) is 37.7 Å². The van der Waals surface area contributed by atoms with Gasteiger partial charge in [0.1, 0.15) is 0 Å². The zero-order chi connectivity index (χ0) is 16.0. The van der Waals surface area contributed by atoms with Gasteiger partial charge in [0.05, 0.1) is 12.5 Å². The molecule has 1 saturated heterocycles. The second kappa shape index (κ2) is 7.40. The average molecular weight is 309 g/mol. The van der Waals surface area contributed by atoms with Crippen LogP contribution in [0.4, 0.5) is 5.82 Å². The monoisotopic (exact) mass is 309 g/mol. The number of carbonyl (C=O) groups is 1. The summed E-state index contributed by atoms with van der Waals surface area (Å²) in [5, 5.41) is 9.74. The first kappa shape index (κ1) is 16.5. The maximum atomic E-state index is 11.9. The van der Waals surface area contributed by atoms with E-state index in [1.165, 1.54) is 0 Å². The van der Waals surface area contributed by atoms with E-state index in [4.69, 9.17) is 9.47 Å². The largest absolute Gasteiger partial charge is 0.481 e. The van der Waals surface area contributed by atoms with Gasteiger partial charge >= 0.3 is 5.97 Å². The maximum absolute atomic E-state index is 11.9.